The van der Waals surface area contributed by atoms with Gasteiger partial charge in [-0.15, -0.1) is 12.4 Å². The summed E-state index contributed by atoms with van der Waals surface area (Å²) in [6.07, 6.45) is 7.23. The number of carbonyl (C=O) groups excluding carboxylic acids is 1. The fourth-order valence-corrected chi connectivity index (χ4v) is 7.64. The Hall–Kier alpha value is -3.81. The van der Waals surface area contributed by atoms with E-state index in [-0.39, 0.29) is 45.0 Å². The fraction of sp³-hybridized carbons (Fsp3) is 0.500. The van der Waals surface area contributed by atoms with Crippen LogP contribution in [0.2, 0.25) is 10.0 Å². The number of nitrogens with two attached hydrogens (primary N) is 3. The van der Waals surface area contributed by atoms with Gasteiger partial charge in [-0.1, -0.05) is 48.4 Å². The van der Waals surface area contributed by atoms with E-state index >= 15 is 0 Å². The van der Waals surface area contributed by atoms with Crippen LogP contribution in [0.15, 0.2) is 65.0 Å². The zero-order chi connectivity index (χ0) is 37.0. The van der Waals surface area contributed by atoms with Crippen LogP contribution in [0.5, 0.6) is 0 Å². The minimum atomic E-state index is 0. The van der Waals surface area contributed by atoms with Crippen LogP contribution in [0.1, 0.15) is 70.1 Å². The average molecular weight is 821 g/mol. The smallest absolute Gasteiger partial charge is 0.225 e. The molecule has 3 aliphatic heterocycles. The number of oxime groups is 2. The Bertz CT molecular complexity index is 1710. The fourth-order valence-electron chi connectivity index (χ4n) is 7.30. The number of aromatic nitrogens is 1. The van der Waals surface area contributed by atoms with Gasteiger partial charge in [0.2, 0.25) is 5.91 Å². The highest BCUT2D eigenvalue weighted by Gasteiger charge is 2.33. The van der Waals surface area contributed by atoms with Gasteiger partial charge in [0.15, 0.2) is 0 Å². The van der Waals surface area contributed by atoms with Crippen molar-refractivity contribution in [2.24, 2.45) is 28.1 Å². The first-order valence-electron chi connectivity index (χ1n) is 17.9. The third kappa shape index (κ3) is 13.1. The number of anilines is 3. The number of nitrogens with zero attached hydrogens (tertiary/aromatic N) is 5. The molecule has 7 N–H and O–H groups in total. The Morgan fingerprint density at radius 2 is 1.25 bits per heavy atom. The molecule has 0 aliphatic carbocycles. The summed E-state index contributed by atoms with van der Waals surface area (Å²) >= 11 is 12.2. The lowest BCUT2D eigenvalue weighted by atomic mass is 9.86. The van der Waals surface area contributed by atoms with E-state index in [1.54, 1.807) is 31.5 Å². The second-order valence-corrected chi connectivity index (χ2v) is 14.4. The van der Waals surface area contributed by atoms with E-state index < -0.39 is 0 Å². The molecule has 304 valence electrons. The lowest BCUT2D eigenvalue weighted by Crippen LogP contribution is -2.46. The third-order valence-electron chi connectivity index (χ3n) is 10.1. The lowest BCUT2D eigenvalue weighted by Gasteiger charge is -2.37. The number of carbonyl (C=O) groups is 1. The highest BCUT2D eigenvalue weighted by molar-refractivity contribution is 6.31. The first kappa shape index (κ1) is 47.3. The summed E-state index contributed by atoms with van der Waals surface area (Å²) in [7, 11) is 3.09. The summed E-state index contributed by atoms with van der Waals surface area (Å²) in [6, 6.07) is 14.8. The number of hydrogen-bond donors (Lipinski definition) is 4. The zero-order valence-electron chi connectivity index (χ0n) is 30.5. The minimum Gasteiger partial charge on any atom is -0.399 e. The van der Waals surface area contributed by atoms with Gasteiger partial charge in [0, 0.05) is 76.1 Å². The van der Waals surface area contributed by atoms with E-state index in [9.17, 15) is 4.79 Å². The number of halogens is 3. The monoisotopic (exact) mass is 819 g/mol. The van der Waals surface area contributed by atoms with E-state index in [4.69, 9.17) is 50.1 Å². The first-order chi connectivity index (χ1) is 25.2. The maximum absolute atomic E-state index is 13.2. The number of rotatable bonds is 9. The molecule has 2 aromatic carbocycles. The normalized spacial score (nSPS) is 17.4. The molecule has 0 unspecified atom stereocenters. The third-order valence-corrected chi connectivity index (χ3v) is 10.5. The minimum absolute atomic E-state index is 0. The van der Waals surface area contributed by atoms with Gasteiger partial charge in [-0.05, 0) is 119 Å². The molecule has 6 rings (SSSR count). The average Bonchev–Trinajstić information content (AvgIpc) is 3.16. The Balaban J connectivity index is 0.000000425. The second kappa shape index (κ2) is 23.3. The molecular formula is C40H60Cl3N9O3. The second-order valence-electron chi connectivity index (χ2n) is 13.5. The molecule has 0 saturated carbocycles. The van der Waals surface area contributed by atoms with Gasteiger partial charge < -0.3 is 37.1 Å². The predicted octanol–water partition coefficient (Wildman–Crippen LogP) is 7.37. The summed E-state index contributed by atoms with van der Waals surface area (Å²) in [5.41, 5.74) is 23.9. The van der Waals surface area contributed by atoms with E-state index in [1.165, 1.54) is 7.11 Å². The number of amides is 1. The van der Waals surface area contributed by atoms with Crippen molar-refractivity contribution in [2.75, 3.05) is 70.7 Å². The number of benzene rings is 2. The van der Waals surface area contributed by atoms with Crippen LogP contribution in [-0.4, -0.2) is 85.6 Å². The van der Waals surface area contributed by atoms with Crippen LogP contribution < -0.4 is 22.5 Å². The molecule has 0 radical (unpaired) electrons. The van der Waals surface area contributed by atoms with Crippen molar-refractivity contribution >= 4 is 70.1 Å². The molecule has 1 amide bonds. The van der Waals surface area contributed by atoms with Crippen LogP contribution in [0, 0.1) is 17.8 Å². The number of hydrogen-bond acceptors (Lipinski definition) is 11. The standard InChI is InChI=1S/C25H33ClN6O2.C13H18ClN3O.2CH4.ClH/c1-34-30-24(21-15-20(26)2-3-22(21)27)18-7-12-32(13-8-18)25(33)19-5-10-31(11-6-19)16-17-4-9-29-23(28)14-17;1-18-17-13(9-4-6-16-7-5-9)11-8-10(14)2-3-12(11)15;;;/h2-4,9,14-15,18-19H,5-8,10-13,16,27H2,1H3,(H2,28,29);2-3,8-9,16H,4-7,15H2,1H3;2*1H4;1H. The summed E-state index contributed by atoms with van der Waals surface area (Å²) in [4.78, 5) is 31.8. The molecule has 15 heteroatoms. The Morgan fingerprint density at radius 3 is 1.75 bits per heavy atom. The van der Waals surface area contributed by atoms with Gasteiger partial charge in [0.05, 0.1) is 11.4 Å². The number of nitrogens with one attached hydrogen (secondary N) is 1. The van der Waals surface area contributed by atoms with Gasteiger partial charge >= 0.3 is 0 Å². The van der Waals surface area contributed by atoms with E-state index in [1.807, 2.05) is 35.2 Å². The van der Waals surface area contributed by atoms with Crippen LogP contribution in [0.25, 0.3) is 0 Å². The van der Waals surface area contributed by atoms with Crippen molar-refractivity contribution in [1.29, 1.82) is 0 Å². The van der Waals surface area contributed by atoms with Crippen molar-refractivity contribution in [3.63, 3.8) is 0 Å². The van der Waals surface area contributed by atoms with Gasteiger partial charge in [-0.3, -0.25) is 9.69 Å². The molecule has 1 aromatic heterocycles. The van der Waals surface area contributed by atoms with Gasteiger partial charge in [0.25, 0.3) is 0 Å². The molecule has 0 bridgehead atoms. The van der Waals surface area contributed by atoms with Crippen molar-refractivity contribution in [3.8, 4) is 0 Å². The van der Waals surface area contributed by atoms with Crippen LogP contribution in [0.4, 0.5) is 17.2 Å². The number of likely N-dealkylation sites (tertiary alicyclic amines) is 2. The highest BCUT2D eigenvalue weighted by Crippen LogP contribution is 2.30. The lowest BCUT2D eigenvalue weighted by molar-refractivity contribution is -0.138. The summed E-state index contributed by atoms with van der Waals surface area (Å²) in [5, 5.41) is 13.1. The van der Waals surface area contributed by atoms with Gasteiger partial charge in [-0.2, -0.15) is 0 Å². The Kier molecular flexibility index (Phi) is 20.1. The Labute approximate surface area is 343 Å². The molecule has 12 nitrogen and oxygen atoms in total. The van der Waals surface area contributed by atoms with Crippen molar-refractivity contribution in [3.05, 3.63) is 81.5 Å². The molecule has 55 heavy (non-hydrogen) atoms. The molecule has 3 fully saturated rings. The molecular weight excluding hydrogens is 761 g/mol. The van der Waals surface area contributed by atoms with E-state index in [0.717, 1.165) is 99.4 Å². The number of nitrogen functional groups attached to an aromatic ring is 3. The van der Waals surface area contributed by atoms with Crippen LogP contribution >= 0.6 is 35.6 Å². The molecule has 3 aromatic rings. The molecule has 4 heterocycles. The van der Waals surface area contributed by atoms with Crippen molar-refractivity contribution in [1.82, 2.24) is 20.1 Å². The number of pyridine rings is 1. The first-order valence-corrected chi connectivity index (χ1v) is 18.7. The van der Waals surface area contributed by atoms with E-state index in [2.05, 4.69) is 25.5 Å². The molecule has 3 aliphatic rings. The maximum Gasteiger partial charge on any atom is 0.225 e. The molecule has 0 atom stereocenters. The van der Waals surface area contributed by atoms with Gasteiger partial charge in [0.1, 0.15) is 20.0 Å². The zero-order valence-corrected chi connectivity index (χ0v) is 32.8. The van der Waals surface area contributed by atoms with E-state index in [0.29, 0.717) is 46.2 Å². The Morgan fingerprint density at radius 1 is 0.764 bits per heavy atom. The maximum atomic E-state index is 13.2. The SMILES string of the molecule is C.C.CON=C(c1cc(Cl)ccc1N)C1CCN(C(=O)C2CCN(Cc3ccnc(N)c3)CC2)CC1.CON=C(c1cc(Cl)ccc1N)C1CCNCC1.Cl. The van der Waals surface area contributed by atoms with Crippen molar-refractivity contribution < 1.29 is 14.5 Å². The quantitative estimate of drug-likeness (QED) is 0.0979. The van der Waals surface area contributed by atoms with Crippen molar-refractivity contribution in [2.45, 2.75) is 59.9 Å². The molecule has 0 spiro atoms. The number of piperidine rings is 3. The van der Waals surface area contributed by atoms with Gasteiger partial charge in [-0.25, -0.2) is 4.98 Å². The van der Waals surface area contributed by atoms with Crippen LogP contribution in [0.3, 0.4) is 0 Å². The summed E-state index contributed by atoms with van der Waals surface area (Å²) in [6.45, 7) is 6.07. The topological polar surface area (TPSA) is 170 Å². The highest BCUT2D eigenvalue weighted by atomic mass is 35.5. The predicted molar refractivity (Wildman–Crippen MR) is 231 cm³/mol. The summed E-state index contributed by atoms with van der Waals surface area (Å²) < 4.78 is 0. The largest absolute Gasteiger partial charge is 0.399 e. The molecule has 3 saturated heterocycles. The van der Waals surface area contributed by atoms with Crippen LogP contribution in [-0.2, 0) is 21.0 Å². The summed E-state index contributed by atoms with van der Waals surface area (Å²) in [5.74, 6) is 1.44.